The predicted octanol–water partition coefficient (Wildman–Crippen LogP) is 20.4. The number of allylic oxidation sites excluding steroid dienone is 6. The minimum Gasteiger partial charge on any atom is -0.462 e. The van der Waals surface area contributed by atoms with E-state index in [4.69, 9.17) is 14.2 Å². The molecule has 0 saturated carbocycles. The molecule has 1 atom stereocenters. The molecule has 0 aliphatic rings. The van der Waals surface area contributed by atoms with Crippen LogP contribution in [0.2, 0.25) is 0 Å². The quantitative estimate of drug-likeness (QED) is 0.0261. The van der Waals surface area contributed by atoms with Gasteiger partial charge in [-0.3, -0.25) is 14.4 Å². The third-order valence-electron chi connectivity index (χ3n) is 13.7. The lowest BCUT2D eigenvalue weighted by molar-refractivity contribution is -0.167. The summed E-state index contributed by atoms with van der Waals surface area (Å²) in [6.45, 7) is 6.57. The van der Waals surface area contributed by atoms with Gasteiger partial charge in [0.25, 0.3) is 0 Å². The molecule has 0 N–H and O–H groups in total. The highest BCUT2D eigenvalue weighted by atomic mass is 16.6. The number of unbranched alkanes of at least 4 members (excludes halogenated alkanes) is 39. The van der Waals surface area contributed by atoms with Gasteiger partial charge in [0.05, 0.1) is 0 Å². The lowest BCUT2D eigenvalue weighted by Gasteiger charge is -2.18. The van der Waals surface area contributed by atoms with Crippen molar-refractivity contribution in [2.24, 2.45) is 0 Å². The van der Waals surface area contributed by atoms with E-state index in [1.54, 1.807) is 0 Å². The Labute approximate surface area is 429 Å². The van der Waals surface area contributed by atoms with E-state index in [9.17, 15) is 14.4 Å². The van der Waals surface area contributed by atoms with E-state index >= 15 is 0 Å². The van der Waals surface area contributed by atoms with Gasteiger partial charge >= 0.3 is 17.9 Å². The molecule has 0 aromatic rings. The zero-order valence-electron chi connectivity index (χ0n) is 46.3. The van der Waals surface area contributed by atoms with Gasteiger partial charge in [-0.1, -0.05) is 295 Å². The maximum atomic E-state index is 12.9. The van der Waals surface area contributed by atoms with E-state index in [0.717, 1.165) is 89.9 Å². The van der Waals surface area contributed by atoms with E-state index < -0.39 is 6.10 Å². The summed E-state index contributed by atoms with van der Waals surface area (Å²) in [5.41, 5.74) is 0. The van der Waals surface area contributed by atoms with Crippen molar-refractivity contribution >= 4 is 17.9 Å². The Morgan fingerprint density at radius 1 is 0.304 bits per heavy atom. The second-order valence-corrected chi connectivity index (χ2v) is 20.6. The van der Waals surface area contributed by atoms with Crippen LogP contribution in [0, 0.1) is 0 Å². The van der Waals surface area contributed by atoms with E-state index in [1.807, 2.05) is 0 Å². The highest BCUT2D eigenvalue weighted by Gasteiger charge is 2.19. The number of hydrogen-bond acceptors (Lipinski definition) is 6. The number of hydrogen-bond donors (Lipinski definition) is 0. The smallest absolute Gasteiger partial charge is 0.306 e. The zero-order chi connectivity index (χ0) is 50.0. The molecule has 0 saturated heterocycles. The molecule has 0 rings (SSSR count). The van der Waals surface area contributed by atoms with Crippen LogP contribution in [-0.2, 0) is 28.6 Å². The lowest BCUT2D eigenvalue weighted by Crippen LogP contribution is -2.30. The minimum absolute atomic E-state index is 0.0741. The summed E-state index contributed by atoms with van der Waals surface area (Å²) in [6, 6.07) is 0. The average molecular weight is 970 g/mol. The molecule has 6 heteroatoms. The van der Waals surface area contributed by atoms with Gasteiger partial charge in [0.2, 0.25) is 0 Å². The molecular formula is C63H116O6. The molecule has 1 unspecified atom stereocenters. The average Bonchev–Trinajstić information content (AvgIpc) is 3.35. The van der Waals surface area contributed by atoms with Crippen LogP contribution >= 0.6 is 0 Å². The van der Waals surface area contributed by atoms with E-state index in [2.05, 4.69) is 57.2 Å². The fraction of sp³-hybridized carbons (Fsp3) is 0.857. The van der Waals surface area contributed by atoms with Gasteiger partial charge in [0.1, 0.15) is 13.2 Å². The predicted molar refractivity (Wildman–Crippen MR) is 298 cm³/mol. The summed E-state index contributed by atoms with van der Waals surface area (Å²) < 4.78 is 16.9. The first-order valence-corrected chi connectivity index (χ1v) is 30.5. The molecule has 6 nitrogen and oxygen atoms in total. The Hall–Kier alpha value is -2.37. The van der Waals surface area contributed by atoms with Gasteiger partial charge < -0.3 is 14.2 Å². The number of carbonyl (C=O) groups is 3. The molecule has 404 valence electrons. The molecule has 0 amide bonds. The molecule has 0 aromatic heterocycles. The zero-order valence-corrected chi connectivity index (χ0v) is 46.3. The topological polar surface area (TPSA) is 78.9 Å². The van der Waals surface area contributed by atoms with Crippen LogP contribution in [0.4, 0.5) is 0 Å². The summed E-state index contributed by atoms with van der Waals surface area (Å²) in [5, 5.41) is 0. The van der Waals surface area contributed by atoms with Crippen molar-refractivity contribution in [3.05, 3.63) is 36.5 Å². The second-order valence-electron chi connectivity index (χ2n) is 20.6. The highest BCUT2D eigenvalue weighted by molar-refractivity contribution is 5.71. The Bertz CT molecular complexity index is 1160. The van der Waals surface area contributed by atoms with Gasteiger partial charge in [-0.25, -0.2) is 0 Å². The van der Waals surface area contributed by atoms with Crippen LogP contribution < -0.4 is 0 Å². The van der Waals surface area contributed by atoms with Crippen LogP contribution in [-0.4, -0.2) is 37.2 Å². The summed E-state index contributed by atoms with van der Waals surface area (Å²) in [4.78, 5) is 38.2. The van der Waals surface area contributed by atoms with Gasteiger partial charge in [-0.2, -0.15) is 0 Å². The first kappa shape index (κ1) is 66.6. The van der Waals surface area contributed by atoms with Crippen LogP contribution in [0.3, 0.4) is 0 Å². The largest absolute Gasteiger partial charge is 0.462 e. The minimum atomic E-state index is -0.777. The lowest BCUT2D eigenvalue weighted by atomic mass is 10.0. The van der Waals surface area contributed by atoms with Crippen molar-refractivity contribution in [2.45, 2.75) is 335 Å². The summed E-state index contributed by atoms with van der Waals surface area (Å²) in [5.74, 6) is -0.874. The highest BCUT2D eigenvalue weighted by Crippen LogP contribution is 2.18. The number of rotatable bonds is 56. The van der Waals surface area contributed by atoms with Gasteiger partial charge in [-0.05, 0) is 51.4 Å². The van der Waals surface area contributed by atoms with Crippen molar-refractivity contribution in [3.8, 4) is 0 Å². The Kier molecular flexibility index (Phi) is 56.2. The normalized spacial score (nSPS) is 12.2. The second kappa shape index (κ2) is 58.2. The van der Waals surface area contributed by atoms with E-state index in [0.29, 0.717) is 19.3 Å². The fourth-order valence-electron chi connectivity index (χ4n) is 9.11. The van der Waals surface area contributed by atoms with Crippen molar-refractivity contribution < 1.29 is 28.6 Å². The fourth-order valence-corrected chi connectivity index (χ4v) is 9.11. The molecule has 0 bridgehead atoms. The van der Waals surface area contributed by atoms with Gasteiger partial charge in [0.15, 0.2) is 6.10 Å². The number of esters is 3. The van der Waals surface area contributed by atoms with E-state index in [-0.39, 0.29) is 31.1 Å². The molecule has 0 heterocycles. The molecular weight excluding hydrogens is 853 g/mol. The van der Waals surface area contributed by atoms with Crippen molar-refractivity contribution in [3.63, 3.8) is 0 Å². The third-order valence-corrected chi connectivity index (χ3v) is 13.7. The molecule has 69 heavy (non-hydrogen) atoms. The molecule has 0 radical (unpaired) electrons. The van der Waals surface area contributed by atoms with Crippen LogP contribution in [0.5, 0.6) is 0 Å². The van der Waals surface area contributed by atoms with Gasteiger partial charge in [0, 0.05) is 19.3 Å². The maximum Gasteiger partial charge on any atom is 0.306 e. The third kappa shape index (κ3) is 56.4. The molecule has 0 aliphatic carbocycles. The summed E-state index contributed by atoms with van der Waals surface area (Å²) in [6.07, 6.45) is 70.0. The van der Waals surface area contributed by atoms with Crippen LogP contribution in [0.25, 0.3) is 0 Å². The first-order valence-electron chi connectivity index (χ1n) is 30.5. The number of carbonyl (C=O) groups excluding carboxylic acids is 3. The number of ether oxygens (including phenoxy) is 3. The maximum absolute atomic E-state index is 12.9. The molecule has 0 aliphatic heterocycles. The van der Waals surface area contributed by atoms with Gasteiger partial charge in [-0.15, -0.1) is 0 Å². The molecule has 0 aromatic carbocycles. The standard InChI is InChI=1S/C63H116O6/c1-4-7-10-13-16-19-22-25-28-30-32-34-35-38-41-44-47-50-53-56-62(65)68-59-60(58-67-61(64)55-52-49-46-43-40-37-27-24-21-18-15-12-9-6-3)69-63(66)57-54-51-48-45-42-39-36-33-31-29-26-23-20-17-14-11-8-5-2/h9,12,18,21,27,37,60H,4-8,10-11,13-17,19-20,22-26,28-36,38-59H2,1-3H3/b12-9-,21-18-,37-27-. The van der Waals surface area contributed by atoms with Crippen molar-refractivity contribution in [1.29, 1.82) is 0 Å². The molecule has 0 fully saturated rings. The Morgan fingerprint density at radius 2 is 0.565 bits per heavy atom. The van der Waals surface area contributed by atoms with Crippen molar-refractivity contribution in [1.82, 2.24) is 0 Å². The SMILES string of the molecule is CC/C=C\C/C=C\C/C=C\CCCCCCC(=O)OCC(COC(=O)CCCCCCCCCCCCCCCCCCCCC)OC(=O)CCCCCCCCCCCCCCCCCCCC. The first-order chi connectivity index (χ1) is 34.0. The van der Waals surface area contributed by atoms with E-state index in [1.165, 1.54) is 199 Å². The monoisotopic (exact) mass is 969 g/mol. The summed E-state index contributed by atoms with van der Waals surface area (Å²) in [7, 11) is 0. The van der Waals surface area contributed by atoms with Crippen LogP contribution in [0.15, 0.2) is 36.5 Å². The molecule has 0 spiro atoms. The Balaban J connectivity index is 4.32. The Morgan fingerprint density at radius 3 is 0.884 bits per heavy atom. The summed E-state index contributed by atoms with van der Waals surface area (Å²) >= 11 is 0. The van der Waals surface area contributed by atoms with Crippen molar-refractivity contribution in [2.75, 3.05) is 13.2 Å². The van der Waals surface area contributed by atoms with Crippen LogP contribution in [0.1, 0.15) is 329 Å².